The van der Waals surface area contributed by atoms with Gasteiger partial charge in [-0.15, -0.1) is 0 Å². The van der Waals surface area contributed by atoms with Crippen molar-refractivity contribution >= 4 is 17.5 Å². The molecule has 26 heavy (non-hydrogen) atoms. The molecule has 6 heteroatoms. The molecule has 0 spiro atoms. The lowest BCUT2D eigenvalue weighted by molar-refractivity contribution is -0.121. The van der Waals surface area contributed by atoms with Crippen LogP contribution < -0.4 is 14.8 Å². The van der Waals surface area contributed by atoms with Gasteiger partial charge in [0.05, 0.1) is 12.5 Å². The van der Waals surface area contributed by atoms with Gasteiger partial charge in [0.1, 0.15) is 19.0 Å². The molecule has 1 amide bonds. The molecule has 1 heterocycles. The molecule has 0 unspecified atom stereocenters. The number of nitrogens with one attached hydrogen (secondary N) is 1. The van der Waals surface area contributed by atoms with Crippen LogP contribution in [-0.4, -0.2) is 19.1 Å². The van der Waals surface area contributed by atoms with Crippen molar-refractivity contribution in [2.75, 3.05) is 13.2 Å². The first-order valence-electron chi connectivity index (χ1n) is 8.57. The third kappa shape index (κ3) is 4.10. The van der Waals surface area contributed by atoms with Gasteiger partial charge in [0, 0.05) is 10.6 Å². The van der Waals surface area contributed by atoms with Crippen molar-refractivity contribution in [2.24, 2.45) is 5.92 Å². The summed E-state index contributed by atoms with van der Waals surface area (Å²) in [7, 11) is 0. The van der Waals surface area contributed by atoms with E-state index in [2.05, 4.69) is 5.32 Å². The molecule has 1 N–H and O–H groups in total. The van der Waals surface area contributed by atoms with Crippen LogP contribution in [0.5, 0.6) is 11.5 Å². The molecular weight excluding hydrogens is 357 g/mol. The number of fused-ring (bicyclic) bond motifs is 1. The number of rotatable bonds is 5. The zero-order valence-corrected chi connectivity index (χ0v) is 15.5. The van der Waals surface area contributed by atoms with Crippen LogP contribution in [0.3, 0.4) is 0 Å². The predicted molar refractivity (Wildman–Crippen MR) is 98.3 cm³/mol. The number of carbonyl (C=O) groups excluding carboxylic acids is 1. The lowest BCUT2D eigenvalue weighted by Gasteiger charge is -2.25. The Hall–Kier alpha value is -2.27. The lowest BCUT2D eigenvalue weighted by atomic mass is 9.95. The van der Waals surface area contributed by atoms with Gasteiger partial charge in [-0.05, 0) is 35.7 Å². The maximum Gasteiger partial charge on any atom is 0.225 e. The van der Waals surface area contributed by atoms with Crippen LogP contribution in [0.2, 0.25) is 5.02 Å². The van der Waals surface area contributed by atoms with Crippen LogP contribution in [0, 0.1) is 11.7 Å². The second-order valence-corrected chi connectivity index (χ2v) is 6.98. The van der Waals surface area contributed by atoms with Crippen LogP contribution in [0.15, 0.2) is 36.4 Å². The topological polar surface area (TPSA) is 47.6 Å². The molecule has 0 bridgehead atoms. The number of carbonyl (C=O) groups is 1. The van der Waals surface area contributed by atoms with E-state index in [1.165, 1.54) is 12.1 Å². The average Bonchev–Trinajstić information content (AvgIpc) is 2.62. The van der Waals surface area contributed by atoms with E-state index in [0.29, 0.717) is 24.7 Å². The molecule has 0 aromatic heterocycles. The smallest absolute Gasteiger partial charge is 0.225 e. The van der Waals surface area contributed by atoms with Gasteiger partial charge in [-0.1, -0.05) is 37.6 Å². The summed E-state index contributed by atoms with van der Waals surface area (Å²) in [5.74, 6) is 0.744. The molecule has 1 aliphatic heterocycles. The monoisotopic (exact) mass is 377 g/mol. The van der Waals surface area contributed by atoms with Crippen molar-refractivity contribution in [1.82, 2.24) is 5.32 Å². The van der Waals surface area contributed by atoms with Crippen molar-refractivity contribution in [3.63, 3.8) is 0 Å². The number of hydrogen-bond acceptors (Lipinski definition) is 3. The highest BCUT2D eigenvalue weighted by atomic mass is 35.5. The molecule has 0 fully saturated rings. The van der Waals surface area contributed by atoms with Crippen LogP contribution in [0.1, 0.15) is 31.0 Å². The van der Waals surface area contributed by atoms with E-state index in [0.717, 1.165) is 5.56 Å². The summed E-state index contributed by atoms with van der Waals surface area (Å²) in [5, 5.41) is 3.23. The zero-order chi connectivity index (χ0) is 18.7. The van der Waals surface area contributed by atoms with Crippen LogP contribution in [-0.2, 0) is 11.2 Å². The molecule has 1 aliphatic rings. The van der Waals surface area contributed by atoms with E-state index in [4.69, 9.17) is 21.1 Å². The Morgan fingerprint density at radius 1 is 1.19 bits per heavy atom. The molecule has 138 valence electrons. The molecule has 0 saturated carbocycles. The van der Waals surface area contributed by atoms with Crippen LogP contribution in [0.4, 0.5) is 4.39 Å². The van der Waals surface area contributed by atoms with Gasteiger partial charge < -0.3 is 14.8 Å². The van der Waals surface area contributed by atoms with E-state index < -0.39 is 5.82 Å². The Kier molecular flexibility index (Phi) is 5.67. The average molecular weight is 378 g/mol. The second kappa shape index (κ2) is 7.96. The molecule has 4 nitrogen and oxygen atoms in total. The SMILES string of the molecule is CC(C)[C@@H](NC(=O)Cc1c(F)cccc1Cl)c1ccc2c(c1)OCCO2. The van der Waals surface area contributed by atoms with E-state index in [9.17, 15) is 9.18 Å². The highest BCUT2D eigenvalue weighted by Gasteiger charge is 2.22. The number of hydrogen-bond donors (Lipinski definition) is 1. The van der Waals surface area contributed by atoms with Crippen molar-refractivity contribution in [1.29, 1.82) is 0 Å². The zero-order valence-electron chi connectivity index (χ0n) is 14.7. The fraction of sp³-hybridized carbons (Fsp3) is 0.350. The lowest BCUT2D eigenvalue weighted by Crippen LogP contribution is -2.33. The maximum atomic E-state index is 13.9. The minimum atomic E-state index is -0.479. The van der Waals surface area contributed by atoms with Crippen LogP contribution in [0.25, 0.3) is 0 Å². The Bertz CT molecular complexity index is 789. The third-order valence-electron chi connectivity index (χ3n) is 4.31. The molecule has 0 radical (unpaired) electrons. The van der Waals surface area contributed by atoms with Gasteiger partial charge in [0.2, 0.25) is 5.91 Å². The van der Waals surface area contributed by atoms with Gasteiger partial charge in [0.25, 0.3) is 0 Å². The third-order valence-corrected chi connectivity index (χ3v) is 4.66. The first-order valence-corrected chi connectivity index (χ1v) is 8.95. The Morgan fingerprint density at radius 2 is 1.92 bits per heavy atom. The Morgan fingerprint density at radius 3 is 2.62 bits per heavy atom. The van der Waals surface area contributed by atoms with E-state index in [1.807, 2.05) is 32.0 Å². The number of amides is 1. The minimum Gasteiger partial charge on any atom is -0.486 e. The maximum absolute atomic E-state index is 13.9. The summed E-state index contributed by atoms with van der Waals surface area (Å²) in [5.41, 5.74) is 1.12. The largest absolute Gasteiger partial charge is 0.486 e. The summed E-state index contributed by atoms with van der Waals surface area (Å²) >= 11 is 6.02. The number of benzene rings is 2. The van der Waals surface area contributed by atoms with E-state index in [-0.39, 0.29) is 34.9 Å². The molecule has 3 rings (SSSR count). The van der Waals surface area contributed by atoms with Gasteiger partial charge in [-0.25, -0.2) is 4.39 Å². The van der Waals surface area contributed by atoms with Gasteiger partial charge in [-0.2, -0.15) is 0 Å². The highest BCUT2D eigenvalue weighted by Crippen LogP contribution is 2.34. The molecule has 1 atom stereocenters. The standard InChI is InChI=1S/C20H21ClFNO3/c1-12(2)20(13-6-7-17-18(10-13)26-9-8-25-17)23-19(24)11-14-15(21)4-3-5-16(14)22/h3-7,10,12,20H,8-9,11H2,1-2H3,(H,23,24)/t20-/m1/s1. The summed E-state index contributed by atoms with van der Waals surface area (Å²) in [6.45, 7) is 5.05. The van der Waals surface area contributed by atoms with Gasteiger partial charge in [-0.3, -0.25) is 4.79 Å². The van der Waals surface area contributed by atoms with Crippen molar-refractivity contribution in [2.45, 2.75) is 26.3 Å². The van der Waals surface area contributed by atoms with Gasteiger partial charge in [0.15, 0.2) is 11.5 Å². The van der Waals surface area contributed by atoms with Crippen molar-refractivity contribution in [3.8, 4) is 11.5 Å². The van der Waals surface area contributed by atoms with Gasteiger partial charge >= 0.3 is 0 Å². The predicted octanol–water partition coefficient (Wildman–Crippen LogP) is 4.31. The molecule has 2 aromatic carbocycles. The summed E-state index contributed by atoms with van der Waals surface area (Å²) in [6.07, 6.45) is -0.112. The number of ether oxygens (including phenoxy) is 2. The summed E-state index contributed by atoms with van der Waals surface area (Å²) in [4.78, 5) is 12.5. The van der Waals surface area contributed by atoms with E-state index >= 15 is 0 Å². The second-order valence-electron chi connectivity index (χ2n) is 6.57. The van der Waals surface area contributed by atoms with E-state index in [1.54, 1.807) is 6.07 Å². The fourth-order valence-corrected chi connectivity index (χ4v) is 3.20. The summed E-state index contributed by atoms with van der Waals surface area (Å²) < 4.78 is 25.1. The highest BCUT2D eigenvalue weighted by molar-refractivity contribution is 6.31. The first-order chi connectivity index (χ1) is 12.5. The number of halogens is 2. The normalized spacial score (nSPS) is 14.2. The fourth-order valence-electron chi connectivity index (χ4n) is 2.97. The molecular formula is C20H21ClFNO3. The minimum absolute atomic E-state index is 0.112. The first kappa shape index (κ1) is 18.5. The van der Waals surface area contributed by atoms with Crippen LogP contribution >= 0.6 is 11.6 Å². The Balaban J connectivity index is 1.77. The Labute approximate surface area is 157 Å². The molecule has 0 saturated heterocycles. The van der Waals surface area contributed by atoms with Crippen molar-refractivity contribution in [3.05, 3.63) is 58.4 Å². The molecule has 0 aliphatic carbocycles. The quantitative estimate of drug-likeness (QED) is 0.844. The summed E-state index contributed by atoms with van der Waals surface area (Å²) in [6, 6.07) is 9.81. The molecule has 2 aromatic rings. The van der Waals surface area contributed by atoms with Crippen molar-refractivity contribution < 1.29 is 18.7 Å².